The van der Waals surface area contributed by atoms with E-state index in [0.29, 0.717) is 18.7 Å². The van der Waals surface area contributed by atoms with E-state index < -0.39 is 0 Å². The predicted octanol–water partition coefficient (Wildman–Crippen LogP) is 2.66. The lowest BCUT2D eigenvalue weighted by atomic mass is 9.91. The van der Waals surface area contributed by atoms with Crippen molar-refractivity contribution in [3.05, 3.63) is 10.6 Å². The normalized spacial score (nSPS) is 26.9. The van der Waals surface area contributed by atoms with Crippen LogP contribution in [0.1, 0.15) is 50.6 Å². The standard InChI is InChI=1S/C15H25N3OS/c1-15(2,3)13-12(9-16)20-14(17-13)18-7-8-19-11-6-4-5-10(11)18/h10-11H,4-9,16H2,1-3H3. The van der Waals surface area contributed by atoms with Gasteiger partial charge in [0.2, 0.25) is 0 Å². The quantitative estimate of drug-likeness (QED) is 0.911. The van der Waals surface area contributed by atoms with Gasteiger partial charge >= 0.3 is 0 Å². The number of fused-ring (bicyclic) bond motifs is 1. The summed E-state index contributed by atoms with van der Waals surface area (Å²) in [5.41, 5.74) is 7.15. The second-order valence-corrected chi connectivity index (χ2v) is 7.89. The first-order chi connectivity index (χ1) is 9.50. The Balaban J connectivity index is 1.92. The smallest absolute Gasteiger partial charge is 0.186 e. The molecule has 20 heavy (non-hydrogen) atoms. The van der Waals surface area contributed by atoms with Gasteiger partial charge in [0.05, 0.1) is 24.4 Å². The molecule has 1 aromatic heterocycles. The average molecular weight is 295 g/mol. The van der Waals surface area contributed by atoms with Gasteiger partial charge in [0.15, 0.2) is 5.13 Å². The lowest BCUT2D eigenvalue weighted by Gasteiger charge is -2.37. The third-order valence-corrected chi connectivity index (χ3v) is 5.42. The summed E-state index contributed by atoms with van der Waals surface area (Å²) in [6.07, 6.45) is 4.11. The Morgan fingerprint density at radius 2 is 2.20 bits per heavy atom. The van der Waals surface area contributed by atoms with Gasteiger partial charge in [-0.25, -0.2) is 4.98 Å². The first kappa shape index (κ1) is 14.3. The zero-order valence-electron chi connectivity index (χ0n) is 12.7. The van der Waals surface area contributed by atoms with E-state index in [2.05, 4.69) is 25.7 Å². The third-order valence-electron chi connectivity index (χ3n) is 4.31. The molecule has 2 atom stereocenters. The number of thiazole rings is 1. The van der Waals surface area contributed by atoms with Crippen molar-refractivity contribution < 1.29 is 4.74 Å². The molecule has 2 N–H and O–H groups in total. The van der Waals surface area contributed by atoms with Gasteiger partial charge in [0.1, 0.15) is 0 Å². The Kier molecular flexibility index (Phi) is 3.77. The highest BCUT2D eigenvalue weighted by Gasteiger charge is 2.38. The molecule has 0 amide bonds. The molecule has 1 aliphatic carbocycles. The summed E-state index contributed by atoms with van der Waals surface area (Å²) in [5, 5.41) is 1.15. The van der Waals surface area contributed by atoms with Gasteiger partial charge in [0.25, 0.3) is 0 Å². The maximum Gasteiger partial charge on any atom is 0.186 e. The van der Waals surface area contributed by atoms with Gasteiger partial charge in [-0.2, -0.15) is 0 Å². The van der Waals surface area contributed by atoms with E-state index in [9.17, 15) is 0 Å². The maximum atomic E-state index is 5.92. The van der Waals surface area contributed by atoms with Crippen molar-refractivity contribution in [3.63, 3.8) is 0 Å². The second kappa shape index (κ2) is 5.28. The molecule has 1 aliphatic heterocycles. The lowest BCUT2D eigenvalue weighted by Crippen LogP contribution is -2.48. The SMILES string of the molecule is CC(C)(C)c1nc(N2CCOC3CCCC32)sc1CN. The molecule has 112 valence electrons. The van der Waals surface area contributed by atoms with Crippen molar-refractivity contribution in [1.82, 2.24) is 4.98 Å². The molecule has 0 radical (unpaired) electrons. The monoisotopic (exact) mass is 295 g/mol. The molecule has 0 spiro atoms. The number of nitrogens with zero attached hydrogens (tertiary/aromatic N) is 2. The fourth-order valence-electron chi connectivity index (χ4n) is 3.35. The highest BCUT2D eigenvalue weighted by Crippen LogP contribution is 2.38. The maximum absolute atomic E-state index is 5.92. The molecule has 1 saturated heterocycles. The number of hydrogen-bond acceptors (Lipinski definition) is 5. The minimum absolute atomic E-state index is 0.0603. The summed E-state index contributed by atoms with van der Waals surface area (Å²) in [6, 6.07) is 0.522. The summed E-state index contributed by atoms with van der Waals surface area (Å²) >= 11 is 1.78. The van der Waals surface area contributed by atoms with Crippen LogP contribution in [0.25, 0.3) is 0 Å². The van der Waals surface area contributed by atoms with Crippen molar-refractivity contribution in [2.75, 3.05) is 18.1 Å². The highest BCUT2D eigenvalue weighted by molar-refractivity contribution is 7.15. The number of aromatic nitrogens is 1. The van der Waals surface area contributed by atoms with Crippen molar-refractivity contribution in [2.45, 2.75) is 64.1 Å². The van der Waals surface area contributed by atoms with Crippen LogP contribution >= 0.6 is 11.3 Å². The fourth-order valence-corrected chi connectivity index (χ4v) is 4.58. The van der Waals surface area contributed by atoms with E-state index in [-0.39, 0.29) is 5.41 Å². The van der Waals surface area contributed by atoms with Crippen LogP contribution in [0, 0.1) is 0 Å². The summed E-state index contributed by atoms with van der Waals surface area (Å²) in [7, 11) is 0. The van der Waals surface area contributed by atoms with Crippen LogP contribution < -0.4 is 10.6 Å². The minimum Gasteiger partial charge on any atom is -0.374 e. The number of morpholine rings is 1. The largest absolute Gasteiger partial charge is 0.374 e. The Labute approximate surface area is 125 Å². The number of hydrogen-bond donors (Lipinski definition) is 1. The molecule has 1 saturated carbocycles. The molecule has 5 heteroatoms. The van der Waals surface area contributed by atoms with Gasteiger partial charge in [-0.05, 0) is 19.3 Å². The second-order valence-electron chi connectivity index (χ2n) is 6.82. The summed E-state index contributed by atoms with van der Waals surface area (Å²) < 4.78 is 5.89. The molecule has 0 aromatic carbocycles. The first-order valence-corrected chi connectivity index (χ1v) is 8.41. The summed E-state index contributed by atoms with van der Waals surface area (Å²) in [6.45, 7) is 9.00. The Hall–Kier alpha value is -0.650. The Morgan fingerprint density at radius 3 is 2.85 bits per heavy atom. The molecule has 3 rings (SSSR count). The summed E-state index contributed by atoms with van der Waals surface area (Å²) in [4.78, 5) is 8.65. The third kappa shape index (κ3) is 2.47. The van der Waals surface area contributed by atoms with Crippen LogP contribution in [0.3, 0.4) is 0 Å². The van der Waals surface area contributed by atoms with E-state index >= 15 is 0 Å². The van der Waals surface area contributed by atoms with Crippen LogP contribution in [0.5, 0.6) is 0 Å². The van der Waals surface area contributed by atoms with Crippen molar-refractivity contribution in [1.29, 1.82) is 0 Å². The molecular formula is C15H25N3OS. The molecule has 2 fully saturated rings. The van der Waals surface area contributed by atoms with Gasteiger partial charge in [-0.1, -0.05) is 20.8 Å². The van der Waals surface area contributed by atoms with Crippen LogP contribution in [-0.4, -0.2) is 30.3 Å². The Morgan fingerprint density at radius 1 is 1.40 bits per heavy atom. The lowest BCUT2D eigenvalue weighted by molar-refractivity contribution is 0.0256. The molecule has 2 aliphatic rings. The highest BCUT2D eigenvalue weighted by atomic mass is 32.1. The van der Waals surface area contributed by atoms with E-state index in [1.807, 2.05) is 0 Å². The number of nitrogens with two attached hydrogens (primary N) is 1. The van der Waals surface area contributed by atoms with E-state index in [0.717, 1.165) is 18.3 Å². The first-order valence-electron chi connectivity index (χ1n) is 7.59. The zero-order valence-corrected chi connectivity index (χ0v) is 13.5. The van der Waals surface area contributed by atoms with Crippen molar-refractivity contribution in [3.8, 4) is 0 Å². The number of anilines is 1. The summed E-state index contributed by atoms with van der Waals surface area (Å²) in [5.74, 6) is 0. The van der Waals surface area contributed by atoms with E-state index in [1.54, 1.807) is 11.3 Å². The minimum atomic E-state index is 0.0603. The van der Waals surface area contributed by atoms with Crippen LogP contribution in [0.2, 0.25) is 0 Å². The molecule has 0 bridgehead atoms. The molecule has 1 aromatic rings. The number of ether oxygens (including phenoxy) is 1. The van der Waals surface area contributed by atoms with E-state index in [1.165, 1.54) is 29.8 Å². The topological polar surface area (TPSA) is 51.4 Å². The van der Waals surface area contributed by atoms with E-state index in [4.69, 9.17) is 15.5 Å². The molecule has 4 nitrogen and oxygen atoms in total. The molecular weight excluding hydrogens is 270 g/mol. The van der Waals surface area contributed by atoms with Gasteiger partial charge in [-0.3, -0.25) is 0 Å². The zero-order chi connectivity index (χ0) is 14.3. The number of rotatable bonds is 2. The molecule has 2 heterocycles. The average Bonchev–Trinajstić information content (AvgIpc) is 3.03. The Bertz CT molecular complexity index is 480. The van der Waals surface area contributed by atoms with Gasteiger partial charge in [0, 0.05) is 23.4 Å². The van der Waals surface area contributed by atoms with Crippen molar-refractivity contribution in [2.24, 2.45) is 5.73 Å². The van der Waals surface area contributed by atoms with Gasteiger partial charge < -0.3 is 15.4 Å². The molecule has 2 unspecified atom stereocenters. The van der Waals surface area contributed by atoms with Crippen LogP contribution in [0.4, 0.5) is 5.13 Å². The predicted molar refractivity (Wildman–Crippen MR) is 83.4 cm³/mol. The fraction of sp³-hybridized carbons (Fsp3) is 0.800. The van der Waals surface area contributed by atoms with Crippen molar-refractivity contribution >= 4 is 16.5 Å². The van der Waals surface area contributed by atoms with Crippen LogP contribution in [0.15, 0.2) is 0 Å². The van der Waals surface area contributed by atoms with Gasteiger partial charge in [-0.15, -0.1) is 11.3 Å². The van der Waals surface area contributed by atoms with Crippen LogP contribution in [-0.2, 0) is 16.7 Å².